The summed E-state index contributed by atoms with van der Waals surface area (Å²) in [5.41, 5.74) is 0.775. The summed E-state index contributed by atoms with van der Waals surface area (Å²) >= 11 is 0. The summed E-state index contributed by atoms with van der Waals surface area (Å²) < 4.78 is 25.1. The number of carbonyl (C=O) groups excluding carboxylic acids is 1. The summed E-state index contributed by atoms with van der Waals surface area (Å²) in [6.07, 6.45) is 4.58. The number of anilines is 1. The largest absolute Gasteiger partial charge is 0.507 e. The maximum absolute atomic E-state index is 12.5. The van der Waals surface area contributed by atoms with E-state index in [0.717, 1.165) is 25.7 Å². The van der Waals surface area contributed by atoms with Gasteiger partial charge in [-0.3, -0.25) is 4.79 Å². The van der Waals surface area contributed by atoms with E-state index in [9.17, 15) is 18.3 Å². The van der Waals surface area contributed by atoms with E-state index >= 15 is 0 Å². The van der Waals surface area contributed by atoms with E-state index in [1.165, 1.54) is 18.2 Å². The summed E-state index contributed by atoms with van der Waals surface area (Å²) in [5.74, 6) is -0.909. The average Bonchev–Trinajstić information content (AvgIpc) is 2.68. The second kappa shape index (κ2) is 9.90. The molecule has 2 aromatic rings. The maximum Gasteiger partial charge on any atom is 0.259 e. The lowest BCUT2D eigenvalue weighted by Gasteiger charge is -2.10. The van der Waals surface area contributed by atoms with E-state index in [1.807, 2.05) is 6.07 Å². The monoisotopic (exact) mass is 400 g/mol. The molecule has 6 nitrogen and oxygen atoms in total. The first kappa shape index (κ1) is 21.5. The topological polar surface area (TPSA) is 107 Å². The first-order chi connectivity index (χ1) is 13.4. The van der Waals surface area contributed by atoms with E-state index in [4.69, 9.17) is 5.26 Å². The van der Waals surface area contributed by atoms with Crippen LogP contribution in [-0.4, -0.2) is 25.2 Å². The lowest BCUT2D eigenvalue weighted by atomic mass is 10.1. The van der Waals surface area contributed by atoms with Crippen molar-refractivity contribution in [1.29, 1.82) is 5.26 Å². The molecule has 0 radical (unpaired) electrons. The highest BCUT2D eigenvalue weighted by Crippen LogP contribution is 2.24. The van der Waals surface area contributed by atoms with Gasteiger partial charge in [-0.15, -0.1) is 0 Å². The van der Waals surface area contributed by atoms with Gasteiger partial charge >= 0.3 is 0 Å². The molecule has 2 rings (SSSR count). The van der Waals surface area contributed by atoms with Crippen LogP contribution in [0.1, 0.15) is 54.9 Å². The molecule has 0 aromatic heterocycles. The van der Waals surface area contributed by atoms with Crippen molar-refractivity contribution in [2.45, 2.75) is 43.9 Å². The fraction of sp³-hybridized carbons (Fsp3) is 0.333. The van der Waals surface area contributed by atoms with E-state index < -0.39 is 15.7 Å². The number of sulfone groups is 1. The Morgan fingerprint density at radius 2 is 1.75 bits per heavy atom. The van der Waals surface area contributed by atoms with Crippen LogP contribution in [0.5, 0.6) is 5.75 Å². The molecule has 0 saturated carbocycles. The number of benzene rings is 2. The molecule has 0 bridgehead atoms. The molecule has 0 saturated heterocycles. The molecule has 28 heavy (non-hydrogen) atoms. The molecule has 0 unspecified atom stereocenters. The van der Waals surface area contributed by atoms with Crippen LogP contribution in [0.4, 0.5) is 5.69 Å². The highest BCUT2D eigenvalue weighted by atomic mass is 32.2. The molecule has 2 aromatic carbocycles. The van der Waals surface area contributed by atoms with E-state index in [0.29, 0.717) is 17.7 Å². The second-order valence-electron chi connectivity index (χ2n) is 6.56. The molecular formula is C21H24N2O4S. The predicted molar refractivity (Wildman–Crippen MR) is 108 cm³/mol. The zero-order valence-corrected chi connectivity index (χ0v) is 16.6. The summed E-state index contributed by atoms with van der Waals surface area (Å²) in [5, 5.41) is 21.4. The van der Waals surface area contributed by atoms with Gasteiger partial charge in [-0.1, -0.05) is 32.6 Å². The number of amides is 1. The average molecular weight is 401 g/mol. The third kappa shape index (κ3) is 5.83. The summed E-state index contributed by atoms with van der Waals surface area (Å²) in [6.45, 7) is 2.09. The fourth-order valence-electron chi connectivity index (χ4n) is 2.73. The van der Waals surface area contributed by atoms with Crippen LogP contribution < -0.4 is 5.32 Å². The van der Waals surface area contributed by atoms with Crippen molar-refractivity contribution >= 4 is 21.4 Å². The lowest BCUT2D eigenvalue weighted by Crippen LogP contribution is -2.14. The molecule has 0 aliphatic heterocycles. The molecule has 0 fully saturated rings. The van der Waals surface area contributed by atoms with Gasteiger partial charge in [0.2, 0.25) is 0 Å². The SMILES string of the molecule is CCCCCCCS(=O)(=O)c1ccc(O)c(C(=O)Nc2ccc(C#N)cc2)c1. The fourth-order valence-corrected chi connectivity index (χ4v) is 4.12. The van der Waals surface area contributed by atoms with Crippen LogP contribution in [-0.2, 0) is 9.84 Å². The highest BCUT2D eigenvalue weighted by Gasteiger charge is 2.19. The molecule has 7 heteroatoms. The van der Waals surface area contributed by atoms with Crippen molar-refractivity contribution in [3.63, 3.8) is 0 Å². The number of hydrogen-bond donors (Lipinski definition) is 2. The maximum atomic E-state index is 12.5. The molecule has 0 spiro atoms. The van der Waals surface area contributed by atoms with E-state index in [1.54, 1.807) is 24.3 Å². The Morgan fingerprint density at radius 3 is 2.39 bits per heavy atom. The number of nitrogens with one attached hydrogen (secondary N) is 1. The Hall–Kier alpha value is -2.85. The third-order valence-electron chi connectivity index (χ3n) is 4.36. The van der Waals surface area contributed by atoms with Gasteiger partial charge in [-0.2, -0.15) is 5.26 Å². The van der Waals surface area contributed by atoms with Crippen molar-refractivity contribution in [1.82, 2.24) is 0 Å². The van der Waals surface area contributed by atoms with Crippen LogP contribution >= 0.6 is 0 Å². The molecule has 2 N–H and O–H groups in total. The summed E-state index contributed by atoms with van der Waals surface area (Å²) in [6, 6.07) is 11.9. The number of nitrogens with zero attached hydrogens (tertiary/aromatic N) is 1. The molecular weight excluding hydrogens is 376 g/mol. The molecule has 0 aliphatic carbocycles. The van der Waals surface area contributed by atoms with Crippen molar-refractivity contribution in [2.24, 2.45) is 0 Å². The molecule has 0 aliphatic rings. The number of phenolic OH excluding ortho intramolecular Hbond substituents is 1. The molecule has 1 amide bonds. The Morgan fingerprint density at radius 1 is 1.07 bits per heavy atom. The van der Waals surface area contributed by atoms with Crippen molar-refractivity contribution in [3.8, 4) is 11.8 Å². The van der Waals surface area contributed by atoms with Crippen LogP contribution in [0.15, 0.2) is 47.4 Å². The van der Waals surface area contributed by atoms with Gasteiger partial charge in [-0.25, -0.2) is 8.42 Å². The number of rotatable bonds is 9. The third-order valence-corrected chi connectivity index (χ3v) is 6.16. The van der Waals surface area contributed by atoms with Crippen LogP contribution in [0, 0.1) is 11.3 Å². The zero-order chi connectivity index (χ0) is 20.6. The van der Waals surface area contributed by atoms with Gasteiger partial charge < -0.3 is 10.4 Å². The number of nitriles is 1. The number of aromatic hydroxyl groups is 1. The van der Waals surface area contributed by atoms with Crippen LogP contribution in [0.3, 0.4) is 0 Å². The van der Waals surface area contributed by atoms with E-state index in [-0.39, 0.29) is 22.0 Å². The molecule has 0 atom stereocenters. The Kier molecular flexibility index (Phi) is 7.59. The number of unbranched alkanes of at least 4 members (excludes halogenated alkanes) is 4. The minimum absolute atomic E-state index is 0.0121. The molecule has 0 heterocycles. The van der Waals surface area contributed by atoms with Gasteiger partial charge in [0.25, 0.3) is 5.91 Å². The Labute approximate surface area is 165 Å². The van der Waals surface area contributed by atoms with Gasteiger partial charge in [0.05, 0.1) is 27.8 Å². The van der Waals surface area contributed by atoms with Crippen molar-refractivity contribution in [2.75, 3.05) is 11.1 Å². The normalized spacial score (nSPS) is 11.0. The smallest absolute Gasteiger partial charge is 0.259 e. The van der Waals surface area contributed by atoms with Gasteiger partial charge in [0.15, 0.2) is 9.84 Å². The predicted octanol–water partition coefficient (Wildman–Crippen LogP) is 4.26. The lowest BCUT2D eigenvalue weighted by molar-refractivity contribution is 0.102. The van der Waals surface area contributed by atoms with Crippen LogP contribution in [0.25, 0.3) is 0 Å². The highest BCUT2D eigenvalue weighted by molar-refractivity contribution is 7.91. The Bertz CT molecular complexity index is 961. The van der Waals surface area contributed by atoms with Gasteiger partial charge in [-0.05, 0) is 48.9 Å². The van der Waals surface area contributed by atoms with Crippen molar-refractivity contribution < 1.29 is 18.3 Å². The first-order valence-corrected chi connectivity index (χ1v) is 10.9. The van der Waals surface area contributed by atoms with Crippen LogP contribution in [0.2, 0.25) is 0 Å². The second-order valence-corrected chi connectivity index (χ2v) is 8.66. The minimum atomic E-state index is -3.53. The summed E-state index contributed by atoms with van der Waals surface area (Å²) in [7, 11) is -3.53. The first-order valence-electron chi connectivity index (χ1n) is 9.24. The van der Waals surface area contributed by atoms with E-state index in [2.05, 4.69) is 12.2 Å². The summed E-state index contributed by atoms with van der Waals surface area (Å²) in [4.78, 5) is 12.5. The van der Waals surface area contributed by atoms with Crippen molar-refractivity contribution in [3.05, 3.63) is 53.6 Å². The number of hydrogen-bond acceptors (Lipinski definition) is 5. The quantitative estimate of drug-likeness (QED) is 0.612. The van der Waals surface area contributed by atoms with Gasteiger partial charge in [0.1, 0.15) is 5.75 Å². The minimum Gasteiger partial charge on any atom is -0.507 e. The molecule has 148 valence electrons. The van der Waals surface area contributed by atoms with Gasteiger partial charge in [0, 0.05) is 5.69 Å². The zero-order valence-electron chi connectivity index (χ0n) is 15.8. The number of carbonyl (C=O) groups is 1. The Balaban J connectivity index is 2.12. The standard InChI is InChI=1S/C21H24N2O4S/c1-2-3-4-5-6-13-28(26,27)18-11-12-20(24)19(14-18)21(25)23-17-9-7-16(15-22)8-10-17/h7-12,14,24H,2-6,13H2,1H3,(H,23,25). The number of phenols is 1.